The zero-order valence-corrected chi connectivity index (χ0v) is 8.84. The van der Waals surface area contributed by atoms with Crippen LogP contribution in [0.1, 0.15) is 24.3 Å². The molecule has 0 bridgehead atoms. The Hall–Kier alpha value is -1.03. The highest BCUT2D eigenvalue weighted by molar-refractivity contribution is 7.92. The molecule has 0 radical (unpaired) electrons. The summed E-state index contributed by atoms with van der Waals surface area (Å²) < 4.78 is 24.3. The van der Waals surface area contributed by atoms with Crippen molar-refractivity contribution in [2.45, 2.75) is 18.8 Å². The molecule has 3 nitrogen and oxygen atoms in total. The lowest BCUT2D eigenvalue weighted by atomic mass is 10.1. The Morgan fingerprint density at radius 1 is 1.21 bits per heavy atom. The zero-order valence-electron chi connectivity index (χ0n) is 8.03. The highest BCUT2D eigenvalue weighted by Gasteiger charge is 2.22. The van der Waals surface area contributed by atoms with Crippen LogP contribution in [-0.2, 0) is 10.0 Å². The van der Waals surface area contributed by atoms with Crippen molar-refractivity contribution in [3.05, 3.63) is 29.8 Å². The second-order valence-electron chi connectivity index (χ2n) is 3.77. The Balaban J connectivity index is 2.13. The predicted octanol–water partition coefficient (Wildman–Crippen LogP) is 1.94. The summed E-state index contributed by atoms with van der Waals surface area (Å²) in [6, 6.07) is 7.61. The number of hydrogen-bond donors (Lipinski definition) is 1. The van der Waals surface area contributed by atoms with Crippen molar-refractivity contribution in [1.82, 2.24) is 0 Å². The first-order valence-electron chi connectivity index (χ1n) is 4.62. The Morgan fingerprint density at radius 3 is 2.21 bits per heavy atom. The summed E-state index contributed by atoms with van der Waals surface area (Å²) in [7, 11) is -3.14. The summed E-state index contributed by atoms with van der Waals surface area (Å²) in [5.74, 6) is 0.710. The minimum absolute atomic E-state index is 0.636. The van der Waals surface area contributed by atoms with E-state index in [4.69, 9.17) is 0 Å². The fraction of sp³-hybridized carbons (Fsp3) is 0.400. The normalized spacial score (nSPS) is 16.6. The molecule has 0 aliphatic heterocycles. The van der Waals surface area contributed by atoms with E-state index in [1.165, 1.54) is 18.4 Å². The number of sulfonamides is 1. The monoisotopic (exact) mass is 211 g/mol. The van der Waals surface area contributed by atoms with Crippen LogP contribution in [-0.4, -0.2) is 14.7 Å². The summed E-state index contributed by atoms with van der Waals surface area (Å²) in [5.41, 5.74) is 1.95. The van der Waals surface area contributed by atoms with E-state index in [-0.39, 0.29) is 0 Å². The summed E-state index contributed by atoms with van der Waals surface area (Å²) in [6.07, 6.45) is 3.68. The molecule has 2 rings (SSSR count). The van der Waals surface area contributed by atoms with Crippen LogP contribution in [0, 0.1) is 0 Å². The Morgan fingerprint density at radius 2 is 1.79 bits per heavy atom. The van der Waals surface area contributed by atoms with Crippen molar-refractivity contribution >= 4 is 15.7 Å². The third-order valence-corrected chi connectivity index (χ3v) is 2.87. The van der Waals surface area contributed by atoms with Gasteiger partial charge < -0.3 is 0 Å². The number of nitrogens with one attached hydrogen (secondary N) is 1. The molecule has 0 heterocycles. The van der Waals surface area contributed by atoms with Gasteiger partial charge in [-0.25, -0.2) is 8.42 Å². The fourth-order valence-electron chi connectivity index (χ4n) is 1.45. The highest BCUT2D eigenvalue weighted by Crippen LogP contribution is 2.40. The number of hydrogen-bond acceptors (Lipinski definition) is 2. The maximum Gasteiger partial charge on any atom is 0.229 e. The highest BCUT2D eigenvalue weighted by atomic mass is 32.2. The lowest BCUT2D eigenvalue weighted by Crippen LogP contribution is -2.09. The molecular weight excluding hydrogens is 198 g/mol. The van der Waals surface area contributed by atoms with Gasteiger partial charge in [0.15, 0.2) is 0 Å². The van der Waals surface area contributed by atoms with Crippen molar-refractivity contribution < 1.29 is 8.42 Å². The maximum atomic E-state index is 10.9. The van der Waals surface area contributed by atoms with Gasteiger partial charge in [0.25, 0.3) is 0 Å². The van der Waals surface area contributed by atoms with Gasteiger partial charge in [-0.05, 0) is 36.5 Å². The molecule has 14 heavy (non-hydrogen) atoms. The molecule has 1 aliphatic carbocycles. The summed E-state index contributed by atoms with van der Waals surface area (Å²) in [4.78, 5) is 0. The molecule has 1 N–H and O–H groups in total. The third kappa shape index (κ3) is 2.48. The van der Waals surface area contributed by atoms with Crippen molar-refractivity contribution in [2.24, 2.45) is 0 Å². The van der Waals surface area contributed by atoms with Gasteiger partial charge in [-0.15, -0.1) is 0 Å². The van der Waals surface area contributed by atoms with Crippen molar-refractivity contribution in [2.75, 3.05) is 11.0 Å². The molecule has 0 spiro atoms. The zero-order chi connectivity index (χ0) is 10.2. The summed E-state index contributed by atoms with van der Waals surface area (Å²) in [6.45, 7) is 0. The van der Waals surface area contributed by atoms with Crippen LogP contribution in [0.15, 0.2) is 24.3 Å². The number of benzene rings is 1. The Bertz CT molecular complexity index is 418. The SMILES string of the molecule is CS(=O)(=O)Nc1ccc(C2CC2)cc1. The van der Waals surface area contributed by atoms with Crippen molar-refractivity contribution in [1.29, 1.82) is 0 Å². The standard InChI is InChI=1S/C10H13NO2S/c1-14(12,13)11-10-6-4-9(5-7-10)8-2-3-8/h4-8,11H,2-3H2,1H3. The van der Waals surface area contributed by atoms with Gasteiger partial charge in [0, 0.05) is 5.69 Å². The summed E-state index contributed by atoms with van der Waals surface area (Å²) >= 11 is 0. The van der Waals surface area contributed by atoms with Crippen LogP contribution in [0.3, 0.4) is 0 Å². The first-order valence-corrected chi connectivity index (χ1v) is 6.51. The van der Waals surface area contributed by atoms with Crippen LogP contribution in [0.2, 0.25) is 0 Å². The van der Waals surface area contributed by atoms with Gasteiger partial charge >= 0.3 is 0 Å². The van der Waals surface area contributed by atoms with Gasteiger partial charge in [0.2, 0.25) is 10.0 Å². The second kappa shape index (κ2) is 3.28. The van der Waals surface area contributed by atoms with E-state index >= 15 is 0 Å². The van der Waals surface area contributed by atoms with Gasteiger partial charge in [-0.2, -0.15) is 0 Å². The van der Waals surface area contributed by atoms with Crippen molar-refractivity contribution in [3.8, 4) is 0 Å². The Labute approximate surface area is 84.2 Å². The quantitative estimate of drug-likeness (QED) is 0.830. The molecule has 0 amide bonds. The predicted molar refractivity (Wildman–Crippen MR) is 56.9 cm³/mol. The van der Waals surface area contributed by atoms with Crippen LogP contribution in [0.4, 0.5) is 5.69 Å². The largest absolute Gasteiger partial charge is 0.284 e. The topological polar surface area (TPSA) is 46.2 Å². The van der Waals surface area contributed by atoms with Crippen LogP contribution in [0.25, 0.3) is 0 Å². The lowest BCUT2D eigenvalue weighted by Gasteiger charge is -2.04. The molecule has 76 valence electrons. The number of rotatable bonds is 3. The molecule has 0 atom stereocenters. The van der Waals surface area contributed by atoms with Gasteiger partial charge in [-0.3, -0.25) is 4.72 Å². The van der Waals surface area contributed by atoms with E-state index in [0.717, 1.165) is 6.26 Å². The molecule has 0 saturated heterocycles. The fourth-order valence-corrected chi connectivity index (χ4v) is 2.02. The maximum absolute atomic E-state index is 10.9. The molecule has 1 aromatic carbocycles. The molecule has 1 aliphatic rings. The van der Waals surface area contributed by atoms with Crippen LogP contribution < -0.4 is 4.72 Å². The smallest absolute Gasteiger partial charge is 0.229 e. The van der Waals surface area contributed by atoms with Crippen LogP contribution in [0.5, 0.6) is 0 Å². The molecule has 1 saturated carbocycles. The average molecular weight is 211 g/mol. The molecule has 1 aromatic rings. The van der Waals surface area contributed by atoms with E-state index < -0.39 is 10.0 Å². The van der Waals surface area contributed by atoms with Gasteiger partial charge in [-0.1, -0.05) is 12.1 Å². The summed E-state index contributed by atoms with van der Waals surface area (Å²) in [5, 5.41) is 0. The molecule has 1 fully saturated rings. The second-order valence-corrected chi connectivity index (χ2v) is 5.52. The van der Waals surface area contributed by atoms with E-state index in [1.54, 1.807) is 0 Å². The Kier molecular flexibility index (Phi) is 2.23. The average Bonchev–Trinajstić information content (AvgIpc) is 2.85. The first-order chi connectivity index (χ1) is 6.54. The van der Waals surface area contributed by atoms with Crippen molar-refractivity contribution in [3.63, 3.8) is 0 Å². The molecular formula is C10H13NO2S. The van der Waals surface area contributed by atoms with Gasteiger partial charge in [0.1, 0.15) is 0 Å². The van der Waals surface area contributed by atoms with E-state index in [2.05, 4.69) is 4.72 Å². The minimum Gasteiger partial charge on any atom is -0.284 e. The third-order valence-electron chi connectivity index (χ3n) is 2.26. The minimum atomic E-state index is -3.14. The van der Waals surface area contributed by atoms with Crippen LogP contribution >= 0.6 is 0 Å². The first kappa shape index (κ1) is 9.52. The number of anilines is 1. The lowest BCUT2D eigenvalue weighted by molar-refractivity contribution is 0.607. The van der Waals surface area contributed by atoms with E-state index in [9.17, 15) is 8.42 Å². The van der Waals surface area contributed by atoms with E-state index in [0.29, 0.717) is 11.6 Å². The van der Waals surface area contributed by atoms with E-state index in [1.807, 2.05) is 24.3 Å². The molecule has 0 unspecified atom stereocenters. The van der Waals surface area contributed by atoms with Gasteiger partial charge in [0.05, 0.1) is 6.26 Å². The molecule has 0 aromatic heterocycles. The molecule has 4 heteroatoms.